The van der Waals surface area contributed by atoms with Crippen LogP contribution >= 0.6 is 0 Å². The summed E-state index contributed by atoms with van der Waals surface area (Å²) in [7, 11) is 0. The molecule has 2 aliphatic rings. The zero-order valence-electron chi connectivity index (χ0n) is 9.57. The number of hydrogen-bond donors (Lipinski definition) is 1. The van der Waals surface area contributed by atoms with Crippen LogP contribution in [0, 0.1) is 5.92 Å². The topological polar surface area (TPSA) is 58.6 Å². The van der Waals surface area contributed by atoms with Crippen molar-refractivity contribution < 1.29 is 14.3 Å². The van der Waals surface area contributed by atoms with Crippen LogP contribution in [0.4, 0.5) is 0 Å². The lowest BCUT2D eigenvalue weighted by Gasteiger charge is -2.33. The van der Waals surface area contributed by atoms with Gasteiger partial charge in [-0.25, -0.2) is 0 Å². The summed E-state index contributed by atoms with van der Waals surface area (Å²) in [5.74, 6) is 0.291. The normalized spacial score (nSPS) is 22.7. The zero-order chi connectivity index (χ0) is 11.5. The monoisotopic (exact) mass is 226 g/mol. The number of hydrogen-bond acceptors (Lipinski definition) is 3. The molecule has 16 heavy (non-hydrogen) atoms. The maximum atomic E-state index is 11.8. The molecule has 0 bridgehead atoms. The van der Waals surface area contributed by atoms with Crippen molar-refractivity contribution in [3.05, 3.63) is 0 Å². The number of likely N-dealkylation sites (tertiary alicyclic amines) is 1. The molecule has 2 aliphatic heterocycles. The van der Waals surface area contributed by atoms with Gasteiger partial charge in [0.25, 0.3) is 0 Å². The first-order valence-electron chi connectivity index (χ1n) is 5.80. The fraction of sp³-hybridized carbons (Fsp3) is 0.818. The van der Waals surface area contributed by atoms with Crippen LogP contribution in [-0.4, -0.2) is 49.1 Å². The SMILES string of the molecule is CC(=O)N1CCC(C(=O)NC2COC2)CC1. The number of nitrogens with one attached hydrogen (secondary N) is 1. The predicted molar refractivity (Wildman–Crippen MR) is 57.7 cm³/mol. The molecule has 2 rings (SSSR count). The number of amides is 2. The molecule has 0 radical (unpaired) electrons. The number of carbonyl (C=O) groups excluding carboxylic acids is 2. The van der Waals surface area contributed by atoms with Gasteiger partial charge >= 0.3 is 0 Å². The van der Waals surface area contributed by atoms with Gasteiger partial charge in [-0.15, -0.1) is 0 Å². The summed E-state index contributed by atoms with van der Waals surface area (Å²) in [6, 6.07) is 0.207. The largest absolute Gasteiger partial charge is 0.377 e. The molecular formula is C11H18N2O3. The number of ether oxygens (including phenoxy) is 1. The summed E-state index contributed by atoms with van der Waals surface area (Å²) in [5.41, 5.74) is 0. The molecule has 0 atom stereocenters. The van der Waals surface area contributed by atoms with Gasteiger partial charge in [-0.2, -0.15) is 0 Å². The van der Waals surface area contributed by atoms with E-state index in [1.807, 2.05) is 0 Å². The number of carbonyl (C=O) groups is 2. The summed E-state index contributed by atoms with van der Waals surface area (Å²) < 4.78 is 5.00. The Kier molecular flexibility index (Phi) is 3.43. The molecular weight excluding hydrogens is 208 g/mol. The molecule has 0 aromatic rings. The lowest BCUT2D eigenvalue weighted by molar-refractivity contribution is -0.135. The van der Waals surface area contributed by atoms with Crippen molar-refractivity contribution in [1.29, 1.82) is 0 Å². The fourth-order valence-electron chi connectivity index (χ4n) is 2.09. The highest BCUT2D eigenvalue weighted by molar-refractivity contribution is 5.80. The van der Waals surface area contributed by atoms with Crippen LogP contribution in [0.25, 0.3) is 0 Å². The predicted octanol–water partition coefficient (Wildman–Crippen LogP) is -0.240. The minimum atomic E-state index is 0.0659. The standard InChI is InChI=1S/C11H18N2O3/c1-8(14)13-4-2-9(3-5-13)11(15)12-10-6-16-7-10/h9-10H,2-7H2,1H3,(H,12,15). The summed E-state index contributed by atoms with van der Waals surface area (Å²) in [6.45, 7) is 4.26. The van der Waals surface area contributed by atoms with Crippen LogP contribution in [0.5, 0.6) is 0 Å². The van der Waals surface area contributed by atoms with Gasteiger partial charge in [-0.1, -0.05) is 0 Å². The van der Waals surface area contributed by atoms with E-state index in [1.165, 1.54) is 0 Å². The quantitative estimate of drug-likeness (QED) is 0.707. The van der Waals surface area contributed by atoms with Crippen molar-refractivity contribution in [2.45, 2.75) is 25.8 Å². The molecule has 0 aromatic heterocycles. The Morgan fingerprint density at radius 1 is 1.25 bits per heavy atom. The first kappa shape index (κ1) is 11.4. The van der Waals surface area contributed by atoms with Crippen molar-refractivity contribution >= 4 is 11.8 Å². The maximum Gasteiger partial charge on any atom is 0.223 e. The van der Waals surface area contributed by atoms with Gasteiger partial charge in [-0.05, 0) is 12.8 Å². The molecule has 5 heteroatoms. The van der Waals surface area contributed by atoms with E-state index in [1.54, 1.807) is 11.8 Å². The van der Waals surface area contributed by atoms with E-state index in [0.29, 0.717) is 26.3 Å². The summed E-state index contributed by atoms with van der Waals surface area (Å²) in [6.07, 6.45) is 1.55. The van der Waals surface area contributed by atoms with Crippen molar-refractivity contribution in [3.8, 4) is 0 Å². The van der Waals surface area contributed by atoms with E-state index in [-0.39, 0.29) is 23.8 Å². The average Bonchev–Trinajstić information content (AvgIpc) is 2.23. The van der Waals surface area contributed by atoms with E-state index in [4.69, 9.17) is 4.74 Å². The highest BCUT2D eigenvalue weighted by Crippen LogP contribution is 2.18. The van der Waals surface area contributed by atoms with E-state index in [2.05, 4.69) is 5.32 Å². The van der Waals surface area contributed by atoms with Gasteiger partial charge in [0.2, 0.25) is 11.8 Å². The van der Waals surface area contributed by atoms with E-state index < -0.39 is 0 Å². The molecule has 2 heterocycles. The van der Waals surface area contributed by atoms with Gasteiger partial charge in [-0.3, -0.25) is 9.59 Å². The van der Waals surface area contributed by atoms with Gasteiger partial charge in [0.1, 0.15) is 0 Å². The molecule has 0 unspecified atom stereocenters. The minimum absolute atomic E-state index is 0.0659. The van der Waals surface area contributed by atoms with E-state index in [0.717, 1.165) is 12.8 Å². The Morgan fingerprint density at radius 3 is 2.31 bits per heavy atom. The molecule has 1 N–H and O–H groups in total. The second-order valence-electron chi connectivity index (χ2n) is 4.52. The van der Waals surface area contributed by atoms with Crippen LogP contribution in [-0.2, 0) is 14.3 Å². The van der Waals surface area contributed by atoms with E-state index >= 15 is 0 Å². The van der Waals surface area contributed by atoms with Crippen LogP contribution < -0.4 is 5.32 Å². The summed E-state index contributed by atoms with van der Waals surface area (Å²) in [5, 5.41) is 2.96. The molecule has 0 aromatic carbocycles. The lowest BCUT2D eigenvalue weighted by atomic mass is 9.95. The second-order valence-corrected chi connectivity index (χ2v) is 4.52. The van der Waals surface area contributed by atoms with Crippen LogP contribution in [0.2, 0.25) is 0 Å². The third-order valence-electron chi connectivity index (χ3n) is 3.30. The lowest BCUT2D eigenvalue weighted by Crippen LogP contribution is -2.51. The van der Waals surface area contributed by atoms with Crippen molar-refractivity contribution in [2.75, 3.05) is 26.3 Å². The maximum absolute atomic E-state index is 11.8. The Bertz CT molecular complexity index is 281. The third-order valence-corrected chi connectivity index (χ3v) is 3.30. The molecule has 0 spiro atoms. The first-order valence-corrected chi connectivity index (χ1v) is 5.80. The Labute approximate surface area is 95.1 Å². The molecule has 2 fully saturated rings. The van der Waals surface area contributed by atoms with Crippen molar-refractivity contribution in [3.63, 3.8) is 0 Å². The van der Waals surface area contributed by atoms with Gasteiger partial charge in [0.15, 0.2) is 0 Å². The Balaban J connectivity index is 1.74. The van der Waals surface area contributed by atoms with Crippen LogP contribution in [0.3, 0.4) is 0 Å². The molecule has 0 saturated carbocycles. The molecule has 5 nitrogen and oxygen atoms in total. The van der Waals surface area contributed by atoms with Crippen LogP contribution in [0.15, 0.2) is 0 Å². The number of piperidine rings is 1. The third kappa shape index (κ3) is 2.52. The van der Waals surface area contributed by atoms with Crippen LogP contribution in [0.1, 0.15) is 19.8 Å². The number of nitrogens with zero attached hydrogens (tertiary/aromatic N) is 1. The summed E-state index contributed by atoms with van der Waals surface area (Å²) >= 11 is 0. The highest BCUT2D eigenvalue weighted by atomic mass is 16.5. The Hall–Kier alpha value is -1.10. The van der Waals surface area contributed by atoms with Gasteiger partial charge < -0.3 is 15.0 Å². The smallest absolute Gasteiger partial charge is 0.223 e. The molecule has 0 aliphatic carbocycles. The second kappa shape index (κ2) is 4.82. The Morgan fingerprint density at radius 2 is 1.88 bits per heavy atom. The molecule has 2 saturated heterocycles. The zero-order valence-corrected chi connectivity index (χ0v) is 9.57. The first-order chi connectivity index (χ1) is 7.66. The summed E-state index contributed by atoms with van der Waals surface area (Å²) in [4.78, 5) is 24.7. The van der Waals surface area contributed by atoms with E-state index in [9.17, 15) is 9.59 Å². The van der Waals surface area contributed by atoms with Gasteiger partial charge in [0, 0.05) is 25.9 Å². The van der Waals surface area contributed by atoms with Gasteiger partial charge in [0.05, 0.1) is 19.3 Å². The minimum Gasteiger partial charge on any atom is -0.377 e. The fourth-order valence-corrected chi connectivity index (χ4v) is 2.09. The van der Waals surface area contributed by atoms with Crippen molar-refractivity contribution in [1.82, 2.24) is 10.2 Å². The average molecular weight is 226 g/mol. The molecule has 2 amide bonds. The highest BCUT2D eigenvalue weighted by Gasteiger charge is 2.29. The number of rotatable bonds is 2. The van der Waals surface area contributed by atoms with Crippen molar-refractivity contribution in [2.24, 2.45) is 5.92 Å². The molecule has 90 valence electrons.